The van der Waals surface area contributed by atoms with Crippen molar-refractivity contribution in [3.8, 4) is 17.2 Å². The van der Waals surface area contributed by atoms with E-state index in [0.29, 0.717) is 40.5 Å². The second-order valence-corrected chi connectivity index (χ2v) is 7.76. The fraction of sp³-hybridized carbons (Fsp3) is 0.160. The average Bonchev–Trinajstić information content (AvgIpc) is 2.84. The van der Waals surface area contributed by atoms with Gasteiger partial charge in [0.2, 0.25) is 0 Å². The van der Waals surface area contributed by atoms with Crippen LogP contribution in [-0.2, 0) is 0 Å². The van der Waals surface area contributed by atoms with Crippen LogP contribution in [0.2, 0.25) is 0 Å². The monoisotopic (exact) mass is 510 g/mol. The van der Waals surface area contributed by atoms with Crippen LogP contribution in [0.5, 0.6) is 17.2 Å². The Morgan fingerprint density at radius 3 is 2.52 bits per heavy atom. The molecule has 1 amide bonds. The van der Waals surface area contributed by atoms with Crippen molar-refractivity contribution in [2.24, 2.45) is 5.10 Å². The third-order valence-corrected chi connectivity index (χ3v) is 4.95. The number of nitrogens with zero attached hydrogens (tertiary/aromatic N) is 1. The van der Waals surface area contributed by atoms with E-state index in [-0.39, 0.29) is 0 Å². The molecule has 0 spiro atoms. The second kappa shape index (κ2) is 11.8. The topological polar surface area (TPSA) is 86.2 Å². The molecule has 0 aliphatic rings. The van der Waals surface area contributed by atoms with Crippen LogP contribution in [0.25, 0.3) is 0 Å². The molecule has 3 rings (SSSR count). The molecule has 0 unspecified atom stereocenters. The summed E-state index contributed by atoms with van der Waals surface area (Å²) in [4.78, 5) is 25.0. The third kappa shape index (κ3) is 6.66. The number of rotatable bonds is 9. The van der Waals surface area contributed by atoms with Crippen LogP contribution >= 0.6 is 15.9 Å². The summed E-state index contributed by atoms with van der Waals surface area (Å²) in [6.45, 7) is 2.63. The van der Waals surface area contributed by atoms with Crippen LogP contribution in [0.15, 0.2) is 76.3 Å². The van der Waals surface area contributed by atoms with Crippen LogP contribution in [0.1, 0.15) is 39.6 Å². The van der Waals surface area contributed by atoms with Gasteiger partial charge in [-0.2, -0.15) is 5.10 Å². The number of halogens is 1. The maximum atomic E-state index is 12.6. The first-order valence-corrected chi connectivity index (χ1v) is 11.0. The zero-order valence-electron chi connectivity index (χ0n) is 18.2. The van der Waals surface area contributed by atoms with Crippen molar-refractivity contribution in [1.82, 2.24) is 5.43 Å². The predicted molar refractivity (Wildman–Crippen MR) is 129 cm³/mol. The summed E-state index contributed by atoms with van der Waals surface area (Å²) in [7, 11) is 1.49. The maximum absolute atomic E-state index is 12.6. The fourth-order valence-corrected chi connectivity index (χ4v) is 3.21. The van der Waals surface area contributed by atoms with Gasteiger partial charge in [-0.15, -0.1) is 0 Å². The summed E-state index contributed by atoms with van der Waals surface area (Å²) < 4.78 is 17.1. The highest BCUT2D eigenvalue weighted by atomic mass is 79.9. The number of carbonyl (C=O) groups excluding carboxylic acids is 2. The lowest BCUT2D eigenvalue weighted by atomic mass is 10.2. The number of nitrogens with one attached hydrogen (secondary N) is 1. The number of benzene rings is 3. The van der Waals surface area contributed by atoms with Crippen molar-refractivity contribution in [3.05, 3.63) is 87.9 Å². The Bertz CT molecular complexity index is 1150. The van der Waals surface area contributed by atoms with E-state index < -0.39 is 11.9 Å². The van der Waals surface area contributed by atoms with Crippen molar-refractivity contribution in [1.29, 1.82) is 0 Å². The van der Waals surface area contributed by atoms with Gasteiger partial charge in [-0.1, -0.05) is 35.0 Å². The molecule has 170 valence electrons. The summed E-state index contributed by atoms with van der Waals surface area (Å²) in [6, 6.07) is 18.7. The number of methoxy groups -OCH3 is 1. The minimum absolute atomic E-state index is 0.296. The van der Waals surface area contributed by atoms with Crippen molar-refractivity contribution in [3.63, 3.8) is 0 Å². The normalized spacial score (nSPS) is 10.6. The van der Waals surface area contributed by atoms with Gasteiger partial charge in [-0.05, 0) is 61.0 Å². The van der Waals surface area contributed by atoms with Gasteiger partial charge in [-0.3, -0.25) is 4.79 Å². The van der Waals surface area contributed by atoms with Gasteiger partial charge in [0.15, 0.2) is 0 Å². The SMILES string of the molecule is CCCOc1ccc(C(=O)Oc2ccc(Br)cc2/C=N/NC(=O)c2ccccc2OC)cc1. The lowest BCUT2D eigenvalue weighted by Crippen LogP contribution is -2.18. The minimum atomic E-state index is -0.521. The van der Waals surface area contributed by atoms with Crippen molar-refractivity contribution >= 4 is 34.0 Å². The largest absolute Gasteiger partial charge is 0.496 e. The lowest BCUT2D eigenvalue weighted by Gasteiger charge is -2.09. The predicted octanol–water partition coefficient (Wildman–Crippen LogP) is 5.23. The van der Waals surface area contributed by atoms with Gasteiger partial charge < -0.3 is 14.2 Å². The van der Waals surface area contributed by atoms with Gasteiger partial charge in [0.25, 0.3) is 5.91 Å². The van der Waals surface area contributed by atoms with Crippen LogP contribution in [0.4, 0.5) is 0 Å². The number of hydrazone groups is 1. The van der Waals surface area contributed by atoms with Crippen LogP contribution < -0.4 is 19.6 Å². The Balaban J connectivity index is 1.71. The first-order chi connectivity index (χ1) is 16.0. The van der Waals surface area contributed by atoms with Gasteiger partial charge in [-0.25, -0.2) is 10.2 Å². The molecule has 0 bridgehead atoms. The number of hydrogen-bond donors (Lipinski definition) is 1. The Morgan fingerprint density at radius 1 is 1.03 bits per heavy atom. The molecule has 0 aliphatic heterocycles. The first kappa shape index (κ1) is 24.0. The third-order valence-electron chi connectivity index (χ3n) is 4.46. The summed E-state index contributed by atoms with van der Waals surface area (Å²) in [6.07, 6.45) is 2.30. The summed E-state index contributed by atoms with van der Waals surface area (Å²) >= 11 is 3.39. The molecular weight excluding hydrogens is 488 g/mol. The molecule has 0 radical (unpaired) electrons. The second-order valence-electron chi connectivity index (χ2n) is 6.84. The molecule has 33 heavy (non-hydrogen) atoms. The van der Waals surface area contributed by atoms with Crippen LogP contribution in [0, 0.1) is 0 Å². The molecule has 0 fully saturated rings. The molecular formula is C25H23BrN2O5. The molecule has 0 saturated carbocycles. The van der Waals surface area contributed by atoms with Gasteiger partial charge >= 0.3 is 5.97 Å². The number of hydrogen-bond acceptors (Lipinski definition) is 6. The minimum Gasteiger partial charge on any atom is -0.496 e. The number of amides is 1. The highest BCUT2D eigenvalue weighted by Crippen LogP contribution is 2.23. The molecule has 0 atom stereocenters. The Morgan fingerprint density at radius 2 is 1.79 bits per heavy atom. The highest BCUT2D eigenvalue weighted by molar-refractivity contribution is 9.10. The summed E-state index contributed by atoms with van der Waals surface area (Å²) in [5, 5.41) is 4.01. The van der Waals surface area contributed by atoms with E-state index in [1.54, 1.807) is 66.7 Å². The van der Waals surface area contributed by atoms with Crippen molar-refractivity contribution in [2.45, 2.75) is 13.3 Å². The van der Waals surface area contributed by atoms with Gasteiger partial charge in [0.1, 0.15) is 17.2 Å². The Kier molecular flexibility index (Phi) is 8.60. The van der Waals surface area contributed by atoms with E-state index >= 15 is 0 Å². The number of esters is 1. The van der Waals surface area contributed by atoms with E-state index in [9.17, 15) is 9.59 Å². The smallest absolute Gasteiger partial charge is 0.343 e. The standard InChI is InChI=1S/C25H23BrN2O5/c1-3-14-32-20-11-8-17(9-12-20)25(30)33-22-13-10-19(26)15-18(22)16-27-28-24(29)21-6-4-5-7-23(21)31-2/h4-13,15-16H,3,14H2,1-2H3,(H,28,29)/b27-16+. The molecule has 3 aromatic carbocycles. The van der Waals surface area contributed by atoms with Crippen molar-refractivity contribution in [2.75, 3.05) is 13.7 Å². The summed E-state index contributed by atoms with van der Waals surface area (Å²) in [5.41, 5.74) is 3.69. The molecule has 0 saturated heterocycles. The molecule has 3 aromatic rings. The van der Waals surface area contributed by atoms with E-state index in [0.717, 1.165) is 10.9 Å². The molecule has 0 aliphatic carbocycles. The van der Waals surface area contributed by atoms with Crippen LogP contribution in [0.3, 0.4) is 0 Å². The van der Waals surface area contributed by atoms with E-state index in [1.165, 1.54) is 13.3 Å². The number of ether oxygens (including phenoxy) is 3. The first-order valence-electron chi connectivity index (χ1n) is 10.2. The van der Waals surface area contributed by atoms with Crippen molar-refractivity contribution < 1.29 is 23.8 Å². The Labute approximate surface area is 200 Å². The molecule has 8 heteroatoms. The quantitative estimate of drug-likeness (QED) is 0.184. The van der Waals surface area contributed by atoms with E-state index in [4.69, 9.17) is 14.2 Å². The molecule has 1 N–H and O–H groups in total. The molecule has 7 nitrogen and oxygen atoms in total. The zero-order chi connectivity index (χ0) is 23.6. The van der Waals surface area contributed by atoms with E-state index in [2.05, 4.69) is 26.5 Å². The number of para-hydroxylation sites is 1. The van der Waals surface area contributed by atoms with Crippen LogP contribution in [-0.4, -0.2) is 31.8 Å². The van der Waals surface area contributed by atoms with E-state index in [1.807, 2.05) is 6.92 Å². The maximum Gasteiger partial charge on any atom is 0.343 e. The fourth-order valence-electron chi connectivity index (χ4n) is 2.83. The molecule has 0 aromatic heterocycles. The zero-order valence-corrected chi connectivity index (χ0v) is 19.8. The molecule has 0 heterocycles. The van der Waals surface area contributed by atoms with Gasteiger partial charge in [0, 0.05) is 10.0 Å². The lowest BCUT2D eigenvalue weighted by molar-refractivity contribution is 0.0734. The average molecular weight is 511 g/mol. The van der Waals surface area contributed by atoms with Gasteiger partial charge in [0.05, 0.1) is 31.1 Å². The highest BCUT2D eigenvalue weighted by Gasteiger charge is 2.13. The Hall–Kier alpha value is -3.65. The summed E-state index contributed by atoms with van der Waals surface area (Å²) in [5.74, 6) is 0.475. The number of carbonyl (C=O) groups is 2.